The average Bonchev–Trinajstić information content (AvgIpc) is 2.75. The van der Waals surface area contributed by atoms with E-state index >= 15 is 0 Å². The maximum atomic E-state index is 2.44. The van der Waals surface area contributed by atoms with Gasteiger partial charge in [0.05, 0.1) is 0 Å². The van der Waals surface area contributed by atoms with Gasteiger partial charge in [0.15, 0.2) is 0 Å². The third kappa shape index (κ3) is 2.95. The van der Waals surface area contributed by atoms with Crippen molar-refractivity contribution in [2.75, 3.05) is 20.1 Å². The molecule has 2 aromatic carbocycles. The van der Waals surface area contributed by atoms with Crippen LogP contribution >= 0.6 is 0 Å². The SMILES string of the molecule is CCN(C)CCC1(CC)c2ccccc2CCc2ccccc21. The molecule has 0 unspecified atom stereocenters. The Labute approximate surface area is 141 Å². The van der Waals surface area contributed by atoms with Gasteiger partial charge in [0.2, 0.25) is 0 Å². The first-order chi connectivity index (χ1) is 11.2. The Morgan fingerprint density at radius 2 is 1.39 bits per heavy atom. The van der Waals surface area contributed by atoms with Gasteiger partial charge in [-0.05, 0) is 68.1 Å². The molecule has 0 heterocycles. The van der Waals surface area contributed by atoms with Crippen LogP contribution in [0.2, 0.25) is 0 Å². The lowest BCUT2D eigenvalue weighted by molar-refractivity contribution is 0.303. The lowest BCUT2D eigenvalue weighted by atomic mass is 9.68. The molecule has 0 N–H and O–H groups in total. The van der Waals surface area contributed by atoms with Gasteiger partial charge in [-0.3, -0.25) is 0 Å². The molecule has 0 aromatic heterocycles. The molecule has 1 nitrogen and oxygen atoms in total. The van der Waals surface area contributed by atoms with Gasteiger partial charge in [0.25, 0.3) is 0 Å². The predicted octanol–water partition coefficient (Wildman–Crippen LogP) is 4.82. The summed E-state index contributed by atoms with van der Waals surface area (Å²) in [6, 6.07) is 18.3. The van der Waals surface area contributed by atoms with Crippen LogP contribution in [0.25, 0.3) is 0 Å². The second-order valence-electron chi connectivity index (χ2n) is 6.90. The molecule has 1 heteroatoms. The molecule has 0 saturated carbocycles. The summed E-state index contributed by atoms with van der Waals surface area (Å²) in [6.07, 6.45) is 4.69. The molecule has 0 spiro atoms. The third-order valence-electron chi connectivity index (χ3n) is 5.79. The van der Waals surface area contributed by atoms with Gasteiger partial charge in [-0.25, -0.2) is 0 Å². The Hall–Kier alpha value is -1.60. The average molecular weight is 307 g/mol. The number of rotatable bonds is 5. The van der Waals surface area contributed by atoms with Crippen LogP contribution < -0.4 is 0 Å². The molecule has 23 heavy (non-hydrogen) atoms. The monoisotopic (exact) mass is 307 g/mol. The zero-order chi connectivity index (χ0) is 16.3. The number of fused-ring (bicyclic) bond motifs is 2. The second kappa shape index (κ2) is 6.88. The molecule has 122 valence electrons. The zero-order valence-electron chi connectivity index (χ0n) is 14.8. The van der Waals surface area contributed by atoms with E-state index in [0.29, 0.717) is 0 Å². The minimum atomic E-state index is 0.160. The second-order valence-corrected chi connectivity index (χ2v) is 6.90. The van der Waals surface area contributed by atoms with Crippen molar-refractivity contribution in [3.63, 3.8) is 0 Å². The third-order valence-corrected chi connectivity index (χ3v) is 5.79. The highest BCUT2D eigenvalue weighted by Gasteiger charge is 2.37. The quantitative estimate of drug-likeness (QED) is 0.765. The van der Waals surface area contributed by atoms with Crippen LogP contribution in [-0.4, -0.2) is 25.0 Å². The van der Waals surface area contributed by atoms with E-state index in [2.05, 4.69) is 74.3 Å². The fourth-order valence-electron chi connectivity index (χ4n) is 4.19. The van der Waals surface area contributed by atoms with Gasteiger partial charge < -0.3 is 4.90 Å². The number of hydrogen-bond acceptors (Lipinski definition) is 1. The van der Waals surface area contributed by atoms with E-state index in [-0.39, 0.29) is 5.41 Å². The molecule has 0 radical (unpaired) electrons. The lowest BCUT2D eigenvalue weighted by Crippen LogP contribution is -2.33. The van der Waals surface area contributed by atoms with E-state index in [1.807, 2.05) is 0 Å². The Morgan fingerprint density at radius 3 is 1.87 bits per heavy atom. The molecule has 0 amide bonds. The van der Waals surface area contributed by atoms with E-state index < -0.39 is 0 Å². The van der Waals surface area contributed by atoms with Gasteiger partial charge >= 0.3 is 0 Å². The van der Waals surface area contributed by atoms with Crippen LogP contribution in [0.15, 0.2) is 48.5 Å². The van der Waals surface area contributed by atoms with Crippen molar-refractivity contribution in [1.29, 1.82) is 0 Å². The van der Waals surface area contributed by atoms with Crippen molar-refractivity contribution >= 4 is 0 Å². The number of aryl methyl sites for hydroxylation is 2. The van der Waals surface area contributed by atoms with Crippen LogP contribution in [0.3, 0.4) is 0 Å². The van der Waals surface area contributed by atoms with E-state index in [1.165, 1.54) is 25.7 Å². The summed E-state index contributed by atoms with van der Waals surface area (Å²) in [5, 5.41) is 0. The summed E-state index contributed by atoms with van der Waals surface area (Å²) in [7, 11) is 2.23. The first kappa shape index (κ1) is 16.3. The lowest BCUT2D eigenvalue weighted by Gasteiger charge is -2.37. The van der Waals surface area contributed by atoms with Crippen molar-refractivity contribution in [1.82, 2.24) is 4.90 Å². The smallest absolute Gasteiger partial charge is 0.0217 e. The maximum Gasteiger partial charge on any atom is 0.0217 e. The highest BCUT2D eigenvalue weighted by molar-refractivity contribution is 5.49. The highest BCUT2D eigenvalue weighted by atomic mass is 15.1. The molecule has 0 fully saturated rings. The summed E-state index contributed by atoms with van der Waals surface area (Å²) in [5.41, 5.74) is 6.39. The van der Waals surface area contributed by atoms with Crippen LogP contribution in [0.5, 0.6) is 0 Å². The molecule has 0 aliphatic heterocycles. The topological polar surface area (TPSA) is 3.24 Å². The van der Waals surface area contributed by atoms with Crippen molar-refractivity contribution < 1.29 is 0 Å². The molecule has 0 bridgehead atoms. The molecule has 0 saturated heterocycles. The molecule has 2 aromatic rings. The number of nitrogens with zero attached hydrogens (tertiary/aromatic N) is 1. The molecule has 0 atom stereocenters. The molecular formula is C22H29N. The molecule has 3 rings (SSSR count). The van der Waals surface area contributed by atoms with Crippen LogP contribution in [0.1, 0.15) is 48.9 Å². The Bertz CT molecular complexity index is 611. The van der Waals surface area contributed by atoms with Gasteiger partial charge in [-0.1, -0.05) is 62.4 Å². The summed E-state index contributed by atoms with van der Waals surface area (Å²) >= 11 is 0. The molecule has 1 aliphatic carbocycles. The van der Waals surface area contributed by atoms with Gasteiger partial charge in [-0.15, -0.1) is 0 Å². The van der Waals surface area contributed by atoms with Crippen LogP contribution in [0, 0.1) is 0 Å². The first-order valence-electron chi connectivity index (χ1n) is 9.06. The van der Waals surface area contributed by atoms with E-state index in [4.69, 9.17) is 0 Å². The first-order valence-corrected chi connectivity index (χ1v) is 9.06. The van der Waals surface area contributed by atoms with Crippen molar-refractivity contribution in [3.05, 3.63) is 70.8 Å². The van der Waals surface area contributed by atoms with Crippen molar-refractivity contribution in [2.45, 2.75) is 44.9 Å². The Balaban J connectivity index is 2.14. The summed E-state index contributed by atoms with van der Waals surface area (Å²) in [6.45, 7) is 6.87. The zero-order valence-corrected chi connectivity index (χ0v) is 14.8. The summed E-state index contributed by atoms with van der Waals surface area (Å²) in [4.78, 5) is 2.44. The van der Waals surface area contributed by atoms with Crippen molar-refractivity contribution in [3.8, 4) is 0 Å². The summed E-state index contributed by atoms with van der Waals surface area (Å²) in [5.74, 6) is 0. The largest absolute Gasteiger partial charge is 0.307 e. The van der Waals surface area contributed by atoms with Gasteiger partial charge in [0.1, 0.15) is 0 Å². The van der Waals surface area contributed by atoms with Gasteiger partial charge in [0, 0.05) is 5.41 Å². The maximum absolute atomic E-state index is 2.44. The predicted molar refractivity (Wildman–Crippen MR) is 99.2 cm³/mol. The van der Waals surface area contributed by atoms with Crippen LogP contribution in [-0.2, 0) is 18.3 Å². The molecule has 1 aliphatic rings. The van der Waals surface area contributed by atoms with Crippen molar-refractivity contribution in [2.24, 2.45) is 0 Å². The molecular weight excluding hydrogens is 278 g/mol. The number of benzene rings is 2. The fourth-order valence-corrected chi connectivity index (χ4v) is 4.19. The summed E-state index contributed by atoms with van der Waals surface area (Å²) < 4.78 is 0. The van der Waals surface area contributed by atoms with E-state index in [1.54, 1.807) is 22.3 Å². The Morgan fingerprint density at radius 1 is 0.870 bits per heavy atom. The highest BCUT2D eigenvalue weighted by Crippen LogP contribution is 2.44. The number of hydrogen-bond donors (Lipinski definition) is 0. The minimum Gasteiger partial charge on any atom is -0.307 e. The van der Waals surface area contributed by atoms with E-state index in [9.17, 15) is 0 Å². The normalized spacial score (nSPS) is 15.8. The minimum absolute atomic E-state index is 0.160. The van der Waals surface area contributed by atoms with E-state index in [0.717, 1.165) is 13.1 Å². The fraction of sp³-hybridized carbons (Fsp3) is 0.455. The van der Waals surface area contributed by atoms with Gasteiger partial charge in [-0.2, -0.15) is 0 Å². The standard InChI is InChI=1S/C22H29N/c1-4-22(16-17-23(3)5-2)20-12-8-6-10-18(20)14-15-19-11-7-9-13-21(19)22/h6-13H,4-5,14-17H2,1-3H3. The Kier molecular flexibility index (Phi) is 4.87. The van der Waals surface area contributed by atoms with Crippen LogP contribution in [0.4, 0.5) is 0 Å².